The number of pyridine rings is 1. The average molecular weight is 271 g/mol. The molecule has 0 aliphatic rings. The fraction of sp³-hybridized carbons (Fsp3) is 0.0714. The lowest BCUT2D eigenvalue weighted by atomic mass is 10.1. The Hall–Kier alpha value is -2.76. The topological polar surface area (TPSA) is 78.9 Å². The van der Waals surface area contributed by atoms with E-state index in [0.29, 0.717) is 17.6 Å². The summed E-state index contributed by atoms with van der Waals surface area (Å²) in [7, 11) is 0. The number of carboxylic acids is 1. The van der Waals surface area contributed by atoms with Crippen LogP contribution in [0.4, 0.5) is 4.39 Å². The third-order valence-electron chi connectivity index (χ3n) is 2.92. The quantitative estimate of drug-likeness (QED) is 0.766. The van der Waals surface area contributed by atoms with Crippen LogP contribution in [0.5, 0.6) is 0 Å². The first-order valence-electron chi connectivity index (χ1n) is 5.94. The summed E-state index contributed by atoms with van der Waals surface area (Å²) in [4.78, 5) is 21.5. The first kappa shape index (κ1) is 12.3. The summed E-state index contributed by atoms with van der Waals surface area (Å²) in [6.45, 7) is 0. The predicted molar refractivity (Wildman–Crippen MR) is 70.1 cm³/mol. The van der Waals surface area contributed by atoms with Gasteiger partial charge in [0, 0.05) is 6.20 Å². The first-order chi connectivity index (χ1) is 9.61. The zero-order valence-electron chi connectivity index (χ0n) is 10.3. The number of carbonyl (C=O) groups is 1. The van der Waals surface area contributed by atoms with Crippen molar-refractivity contribution in [2.24, 2.45) is 0 Å². The van der Waals surface area contributed by atoms with Gasteiger partial charge in [-0.15, -0.1) is 0 Å². The van der Waals surface area contributed by atoms with Gasteiger partial charge in [0.1, 0.15) is 11.3 Å². The van der Waals surface area contributed by atoms with Gasteiger partial charge < -0.3 is 10.1 Å². The third kappa shape index (κ3) is 2.35. The van der Waals surface area contributed by atoms with Crippen LogP contribution in [-0.2, 0) is 6.42 Å². The molecule has 3 rings (SSSR count). The Kier molecular flexibility index (Phi) is 2.90. The van der Waals surface area contributed by atoms with Gasteiger partial charge in [-0.1, -0.05) is 12.1 Å². The van der Waals surface area contributed by atoms with Crippen molar-refractivity contribution in [3.05, 3.63) is 59.3 Å². The number of benzene rings is 1. The second kappa shape index (κ2) is 4.73. The van der Waals surface area contributed by atoms with Gasteiger partial charge in [-0.25, -0.2) is 19.2 Å². The standard InChI is InChI=1S/C14H10FN3O2/c15-10-3-1-8(2-4-10)5-9-6-11-12(16-7-9)18-13(17-11)14(19)20/h1-4,6-7H,5H2,(H,19,20)(H,16,17,18). The molecule has 1 aromatic carbocycles. The summed E-state index contributed by atoms with van der Waals surface area (Å²) >= 11 is 0. The van der Waals surface area contributed by atoms with E-state index >= 15 is 0 Å². The van der Waals surface area contributed by atoms with Crippen molar-refractivity contribution in [2.75, 3.05) is 0 Å². The number of aromatic carboxylic acids is 1. The molecule has 0 fully saturated rings. The van der Waals surface area contributed by atoms with Crippen molar-refractivity contribution < 1.29 is 14.3 Å². The first-order valence-corrected chi connectivity index (χ1v) is 5.94. The Morgan fingerprint density at radius 3 is 2.70 bits per heavy atom. The van der Waals surface area contributed by atoms with E-state index in [9.17, 15) is 9.18 Å². The number of rotatable bonds is 3. The molecule has 20 heavy (non-hydrogen) atoms. The predicted octanol–water partition coefficient (Wildman–Crippen LogP) is 2.39. The molecule has 0 saturated heterocycles. The lowest BCUT2D eigenvalue weighted by molar-refractivity contribution is 0.0685. The molecule has 0 aliphatic heterocycles. The number of hydrogen-bond acceptors (Lipinski definition) is 3. The molecule has 0 amide bonds. The Morgan fingerprint density at radius 2 is 2.00 bits per heavy atom. The number of aromatic amines is 1. The summed E-state index contributed by atoms with van der Waals surface area (Å²) < 4.78 is 12.8. The normalized spacial score (nSPS) is 10.8. The van der Waals surface area contributed by atoms with Gasteiger partial charge in [0.05, 0.1) is 0 Å². The van der Waals surface area contributed by atoms with Crippen LogP contribution in [0.25, 0.3) is 11.2 Å². The van der Waals surface area contributed by atoms with E-state index < -0.39 is 5.97 Å². The fourth-order valence-electron chi connectivity index (χ4n) is 1.97. The van der Waals surface area contributed by atoms with E-state index in [2.05, 4.69) is 15.0 Å². The van der Waals surface area contributed by atoms with Crippen molar-refractivity contribution in [3.8, 4) is 0 Å². The van der Waals surface area contributed by atoms with Crippen LogP contribution in [0.3, 0.4) is 0 Å². The molecule has 6 heteroatoms. The summed E-state index contributed by atoms with van der Waals surface area (Å²) in [5.74, 6) is -1.53. The van der Waals surface area contributed by atoms with Crippen LogP contribution < -0.4 is 0 Å². The van der Waals surface area contributed by atoms with E-state index in [4.69, 9.17) is 5.11 Å². The second-order valence-electron chi connectivity index (χ2n) is 4.41. The van der Waals surface area contributed by atoms with Gasteiger partial charge in [-0.3, -0.25) is 0 Å². The molecule has 0 saturated carbocycles. The summed E-state index contributed by atoms with van der Waals surface area (Å²) in [6, 6.07) is 7.98. The van der Waals surface area contributed by atoms with Gasteiger partial charge in [0.15, 0.2) is 5.65 Å². The number of H-pyrrole nitrogens is 1. The number of carboxylic acid groups (broad SMARTS) is 1. The average Bonchev–Trinajstić information content (AvgIpc) is 2.85. The van der Waals surface area contributed by atoms with Gasteiger partial charge in [0.2, 0.25) is 5.82 Å². The highest BCUT2D eigenvalue weighted by molar-refractivity contribution is 5.87. The molecule has 3 aromatic rings. The van der Waals surface area contributed by atoms with Crippen LogP contribution >= 0.6 is 0 Å². The Bertz CT molecular complexity index is 781. The maximum Gasteiger partial charge on any atom is 0.371 e. The van der Waals surface area contributed by atoms with E-state index in [-0.39, 0.29) is 11.6 Å². The van der Waals surface area contributed by atoms with E-state index in [1.54, 1.807) is 24.4 Å². The molecule has 0 unspecified atom stereocenters. The van der Waals surface area contributed by atoms with Gasteiger partial charge in [-0.2, -0.15) is 0 Å². The van der Waals surface area contributed by atoms with E-state index in [1.807, 2.05) is 0 Å². The Labute approximate surface area is 113 Å². The van der Waals surface area contributed by atoms with E-state index in [0.717, 1.165) is 11.1 Å². The van der Waals surface area contributed by atoms with E-state index in [1.165, 1.54) is 12.1 Å². The van der Waals surface area contributed by atoms with Gasteiger partial charge in [-0.05, 0) is 35.7 Å². The van der Waals surface area contributed by atoms with Crippen LogP contribution in [-0.4, -0.2) is 26.0 Å². The minimum Gasteiger partial charge on any atom is -0.475 e. The van der Waals surface area contributed by atoms with Crippen molar-refractivity contribution >= 4 is 17.1 Å². The van der Waals surface area contributed by atoms with Gasteiger partial charge in [0.25, 0.3) is 0 Å². The lowest BCUT2D eigenvalue weighted by Gasteiger charge is -2.01. The zero-order chi connectivity index (χ0) is 14.1. The molecule has 100 valence electrons. The number of aromatic nitrogens is 3. The molecule has 5 nitrogen and oxygen atoms in total. The minimum atomic E-state index is -1.12. The lowest BCUT2D eigenvalue weighted by Crippen LogP contribution is -1.97. The maximum atomic E-state index is 12.8. The molecule has 0 atom stereocenters. The molecule has 2 N–H and O–H groups in total. The minimum absolute atomic E-state index is 0.133. The van der Waals surface area contributed by atoms with Crippen molar-refractivity contribution in [2.45, 2.75) is 6.42 Å². The van der Waals surface area contributed by atoms with Crippen LogP contribution in [0.1, 0.15) is 21.7 Å². The fourth-order valence-corrected chi connectivity index (χ4v) is 1.97. The number of fused-ring (bicyclic) bond motifs is 1. The molecular weight excluding hydrogens is 261 g/mol. The smallest absolute Gasteiger partial charge is 0.371 e. The zero-order valence-corrected chi connectivity index (χ0v) is 10.3. The summed E-state index contributed by atoms with van der Waals surface area (Å²) in [5.41, 5.74) is 2.77. The number of nitrogens with one attached hydrogen (secondary N) is 1. The van der Waals surface area contributed by atoms with Gasteiger partial charge >= 0.3 is 5.97 Å². The molecule has 2 heterocycles. The second-order valence-corrected chi connectivity index (χ2v) is 4.41. The monoisotopic (exact) mass is 271 g/mol. The summed E-state index contributed by atoms with van der Waals surface area (Å²) in [5, 5.41) is 8.86. The Morgan fingerprint density at radius 1 is 1.25 bits per heavy atom. The molecule has 2 aromatic heterocycles. The van der Waals surface area contributed by atoms with Crippen molar-refractivity contribution in [1.29, 1.82) is 0 Å². The maximum absolute atomic E-state index is 12.8. The SMILES string of the molecule is O=C(O)c1nc2cc(Cc3ccc(F)cc3)cnc2[nH]1. The number of nitrogens with zero attached hydrogens (tertiary/aromatic N) is 2. The Balaban J connectivity index is 1.92. The van der Waals surface area contributed by atoms with Crippen LogP contribution in [0.15, 0.2) is 36.5 Å². The number of imidazole rings is 1. The van der Waals surface area contributed by atoms with Crippen LogP contribution in [0.2, 0.25) is 0 Å². The highest BCUT2D eigenvalue weighted by Crippen LogP contribution is 2.15. The van der Waals surface area contributed by atoms with Crippen molar-refractivity contribution in [3.63, 3.8) is 0 Å². The van der Waals surface area contributed by atoms with Crippen molar-refractivity contribution in [1.82, 2.24) is 15.0 Å². The summed E-state index contributed by atoms with van der Waals surface area (Å²) in [6.07, 6.45) is 2.23. The molecule has 0 spiro atoms. The third-order valence-corrected chi connectivity index (χ3v) is 2.92. The molecule has 0 radical (unpaired) electrons. The number of hydrogen-bond donors (Lipinski definition) is 2. The highest BCUT2D eigenvalue weighted by atomic mass is 19.1. The van der Waals surface area contributed by atoms with Crippen LogP contribution in [0, 0.1) is 5.82 Å². The number of halogens is 1. The molecule has 0 bridgehead atoms. The highest BCUT2D eigenvalue weighted by Gasteiger charge is 2.10. The molecule has 0 aliphatic carbocycles. The molecular formula is C14H10FN3O2. The largest absolute Gasteiger partial charge is 0.475 e.